The highest BCUT2D eigenvalue weighted by molar-refractivity contribution is 5.98. The molecule has 18 heteroatoms. The van der Waals surface area contributed by atoms with Gasteiger partial charge in [-0.1, -0.05) is 86.6 Å². The summed E-state index contributed by atoms with van der Waals surface area (Å²) in [5, 5.41) is 21.8. The predicted molar refractivity (Wildman–Crippen MR) is 250 cm³/mol. The van der Waals surface area contributed by atoms with Crippen LogP contribution in [-0.4, -0.2) is 124 Å². The molecule has 0 unspecified atom stereocenters. The zero-order valence-corrected chi connectivity index (χ0v) is 39.6. The summed E-state index contributed by atoms with van der Waals surface area (Å²) in [6.45, 7) is 11.4. The number of ether oxygens (including phenoxy) is 4. The molecule has 2 aliphatic heterocycles. The lowest BCUT2D eigenvalue weighted by Gasteiger charge is -2.41. The molecule has 2 fully saturated rings. The molecule has 3 aromatic carbocycles. The molecular formula is C50H65N8O10+. The van der Waals surface area contributed by atoms with Crippen molar-refractivity contribution >= 4 is 35.4 Å². The van der Waals surface area contributed by atoms with Gasteiger partial charge in [0.05, 0.1) is 25.9 Å². The number of morpholine rings is 1. The van der Waals surface area contributed by atoms with E-state index in [0.717, 1.165) is 16.7 Å². The van der Waals surface area contributed by atoms with Gasteiger partial charge in [-0.2, -0.15) is 0 Å². The van der Waals surface area contributed by atoms with E-state index in [4.69, 9.17) is 18.9 Å². The van der Waals surface area contributed by atoms with Gasteiger partial charge in [-0.25, -0.2) is 0 Å². The molecule has 0 bridgehead atoms. The topological polar surface area (TPSA) is 232 Å². The summed E-state index contributed by atoms with van der Waals surface area (Å²) in [5.41, 5.74) is 2.15. The van der Waals surface area contributed by atoms with Crippen LogP contribution in [0.15, 0.2) is 85.1 Å². The number of benzene rings is 3. The van der Waals surface area contributed by atoms with E-state index in [2.05, 4.69) is 36.7 Å². The molecule has 3 heterocycles. The van der Waals surface area contributed by atoms with Crippen LogP contribution < -0.4 is 30.7 Å². The SMILES string of the molecule is CCC(=O)Oc1ccc(C[N+]2(CC(=O)N[C@@H](CCc3ccccc3)C(=O)N[C@@H](C)C(=O)N[C@@H](Cc3ccccc3)C(=O)N[C@@H](CC(C)C)C(=O)[C@@]3(C)CO3)CCOCC2)cc1OCc1c[nH]nn1. The average Bonchev–Trinajstić information content (AvgIpc) is 3.85. The van der Waals surface area contributed by atoms with Crippen molar-refractivity contribution in [2.45, 2.75) is 110 Å². The third-order valence-electron chi connectivity index (χ3n) is 12.1. The van der Waals surface area contributed by atoms with E-state index in [1.54, 1.807) is 32.2 Å². The van der Waals surface area contributed by atoms with E-state index in [0.29, 0.717) is 61.6 Å². The van der Waals surface area contributed by atoms with Gasteiger partial charge < -0.3 is 44.7 Å². The van der Waals surface area contributed by atoms with E-state index in [1.807, 2.05) is 80.6 Å². The van der Waals surface area contributed by atoms with E-state index in [-0.39, 0.29) is 62.4 Å². The molecule has 5 atom stereocenters. The molecule has 0 radical (unpaired) electrons. The maximum absolute atomic E-state index is 14.2. The number of carbonyl (C=O) groups excluding carboxylic acids is 6. The second-order valence-electron chi connectivity index (χ2n) is 18.3. The van der Waals surface area contributed by atoms with Crippen molar-refractivity contribution in [1.29, 1.82) is 0 Å². The minimum atomic E-state index is -1.12. The minimum absolute atomic E-state index is 0.0120. The molecule has 4 aromatic rings. The smallest absolute Gasteiger partial charge is 0.311 e. The molecule has 5 N–H and O–H groups in total. The maximum atomic E-state index is 14.2. The highest BCUT2D eigenvalue weighted by Crippen LogP contribution is 2.32. The van der Waals surface area contributed by atoms with E-state index in [9.17, 15) is 28.8 Å². The number of ketones is 1. The standard InChI is InChI=1S/C50H64N8O10/c1-6-45(60)68-42-20-18-37(27-43(42)66-31-38-28-51-57-56-38)29-58(21-23-65-24-22-58)30-44(59)53-39(19-17-35-13-9-7-10-14-35)48(63)52-34(4)47(62)55-41(26-36-15-11-8-12-16-36)49(64)54-40(25-33(2)3)46(61)50(5)32-67-50/h7-16,18,20,27-28,33-34,39-41H,6,17,19,21-26,29-32H2,1-5H3,(H4-,51,52,53,54,55,56,57,59,62,63,64)/p+1/t34-,39-,40-,41-,50+/m0/s1. The van der Waals surface area contributed by atoms with Crippen LogP contribution in [0.2, 0.25) is 0 Å². The van der Waals surface area contributed by atoms with Gasteiger partial charge in [0.1, 0.15) is 55.7 Å². The number of esters is 1. The van der Waals surface area contributed by atoms with Crippen molar-refractivity contribution in [3.63, 3.8) is 0 Å². The van der Waals surface area contributed by atoms with Crippen LogP contribution >= 0.6 is 0 Å². The van der Waals surface area contributed by atoms with Crippen molar-refractivity contribution < 1.29 is 52.2 Å². The summed E-state index contributed by atoms with van der Waals surface area (Å²) in [7, 11) is 0. The number of rotatable bonds is 25. The number of Topliss-reactive ketones (excluding diaryl/α,β-unsaturated/α-hetero) is 1. The number of quaternary nitrogens is 1. The molecule has 0 aliphatic carbocycles. The first-order chi connectivity index (χ1) is 32.6. The van der Waals surface area contributed by atoms with E-state index in [1.165, 1.54) is 6.92 Å². The van der Waals surface area contributed by atoms with Crippen LogP contribution in [0.3, 0.4) is 0 Å². The molecule has 68 heavy (non-hydrogen) atoms. The second-order valence-corrected chi connectivity index (χ2v) is 18.3. The van der Waals surface area contributed by atoms with Gasteiger partial charge in [0.25, 0.3) is 5.91 Å². The third-order valence-corrected chi connectivity index (χ3v) is 12.1. The van der Waals surface area contributed by atoms with Gasteiger partial charge in [0.15, 0.2) is 23.8 Å². The second kappa shape index (κ2) is 24.0. The van der Waals surface area contributed by atoms with Crippen LogP contribution in [-0.2, 0) is 64.2 Å². The largest absolute Gasteiger partial charge is 0.483 e. The lowest BCUT2D eigenvalue weighted by Crippen LogP contribution is -2.60. The average molecular weight is 938 g/mol. The van der Waals surface area contributed by atoms with Crippen molar-refractivity contribution in [2.75, 3.05) is 39.5 Å². The molecule has 0 spiro atoms. The van der Waals surface area contributed by atoms with Gasteiger partial charge in [-0.3, -0.25) is 33.9 Å². The highest BCUT2D eigenvalue weighted by atomic mass is 16.6. The molecule has 0 saturated carbocycles. The fourth-order valence-electron chi connectivity index (χ4n) is 8.08. The molecule has 18 nitrogen and oxygen atoms in total. The number of H-pyrrole nitrogens is 1. The summed E-state index contributed by atoms with van der Waals surface area (Å²) in [4.78, 5) is 82.0. The van der Waals surface area contributed by atoms with Gasteiger partial charge in [0.2, 0.25) is 17.7 Å². The number of aromatic nitrogens is 3. The Morgan fingerprint density at radius 3 is 2.09 bits per heavy atom. The minimum Gasteiger partial charge on any atom is -0.483 e. The molecule has 2 aliphatic rings. The van der Waals surface area contributed by atoms with Gasteiger partial charge in [-0.05, 0) is 68.4 Å². The number of aryl methyl sites for hydroxylation is 1. The first-order valence-electron chi connectivity index (χ1n) is 23.4. The number of nitrogens with zero attached hydrogens (tertiary/aromatic N) is 3. The monoisotopic (exact) mass is 937 g/mol. The van der Waals surface area contributed by atoms with Crippen LogP contribution in [0.25, 0.3) is 0 Å². The van der Waals surface area contributed by atoms with Gasteiger partial charge in [-0.15, -0.1) is 5.10 Å². The van der Waals surface area contributed by atoms with E-state index < -0.39 is 53.5 Å². The number of amides is 4. The molecular weight excluding hydrogens is 873 g/mol. The predicted octanol–water partition coefficient (Wildman–Crippen LogP) is 3.28. The number of hydrogen-bond acceptors (Lipinski definition) is 12. The summed E-state index contributed by atoms with van der Waals surface area (Å²) in [5.74, 6) is -2.08. The number of epoxide rings is 1. The zero-order chi connectivity index (χ0) is 48.7. The number of aromatic amines is 1. The Morgan fingerprint density at radius 2 is 1.46 bits per heavy atom. The van der Waals surface area contributed by atoms with Crippen molar-refractivity contribution in [3.8, 4) is 11.5 Å². The Hall–Kier alpha value is -6.50. The quantitative estimate of drug-likeness (QED) is 0.0279. The fourth-order valence-corrected chi connectivity index (χ4v) is 8.08. The Balaban J connectivity index is 1.16. The third kappa shape index (κ3) is 15.0. The van der Waals surface area contributed by atoms with Crippen LogP contribution in [0.4, 0.5) is 0 Å². The van der Waals surface area contributed by atoms with Crippen molar-refractivity contribution in [2.24, 2.45) is 5.92 Å². The lowest BCUT2D eigenvalue weighted by molar-refractivity contribution is -0.940. The number of carbonyl (C=O) groups is 6. The molecule has 6 rings (SSSR count). The fraction of sp³-hybridized carbons (Fsp3) is 0.480. The Labute approximate surface area is 397 Å². The molecule has 364 valence electrons. The zero-order valence-electron chi connectivity index (χ0n) is 39.6. The first kappa shape index (κ1) is 50.9. The van der Waals surface area contributed by atoms with Crippen molar-refractivity contribution in [3.05, 3.63) is 107 Å². The highest BCUT2D eigenvalue weighted by Gasteiger charge is 2.50. The summed E-state index contributed by atoms with van der Waals surface area (Å²) < 4.78 is 23.1. The van der Waals surface area contributed by atoms with E-state index >= 15 is 0 Å². The van der Waals surface area contributed by atoms with Crippen LogP contribution in [0.5, 0.6) is 11.5 Å². The first-order valence-corrected chi connectivity index (χ1v) is 23.4. The maximum Gasteiger partial charge on any atom is 0.311 e. The van der Waals surface area contributed by atoms with Crippen LogP contribution in [0, 0.1) is 5.92 Å². The lowest BCUT2D eigenvalue weighted by atomic mass is 9.93. The molecule has 2 saturated heterocycles. The Bertz CT molecular complexity index is 2320. The van der Waals surface area contributed by atoms with Crippen molar-refractivity contribution in [1.82, 2.24) is 36.7 Å². The molecule has 4 amide bonds. The van der Waals surface area contributed by atoms with Gasteiger partial charge in [0, 0.05) is 24.6 Å². The normalized spacial score (nSPS) is 18.0. The summed E-state index contributed by atoms with van der Waals surface area (Å²) in [6, 6.07) is 20.0. The number of nitrogens with one attached hydrogen (secondary N) is 5. The number of hydrogen-bond donors (Lipinski definition) is 5. The molecule has 1 aromatic heterocycles. The summed E-state index contributed by atoms with van der Waals surface area (Å²) in [6.07, 6.45) is 2.97. The Morgan fingerprint density at radius 1 is 0.794 bits per heavy atom. The Kier molecular flexibility index (Phi) is 18.0. The summed E-state index contributed by atoms with van der Waals surface area (Å²) >= 11 is 0. The van der Waals surface area contributed by atoms with Gasteiger partial charge >= 0.3 is 5.97 Å². The van der Waals surface area contributed by atoms with Crippen LogP contribution in [0.1, 0.15) is 76.3 Å².